The third-order valence-corrected chi connectivity index (χ3v) is 4.67. The van der Waals surface area contributed by atoms with Crippen LogP contribution < -0.4 is 0 Å². The summed E-state index contributed by atoms with van der Waals surface area (Å²) in [4.78, 5) is 12.3. The third-order valence-electron chi connectivity index (χ3n) is 3.48. The average Bonchev–Trinajstić information content (AvgIpc) is 2.58. The highest BCUT2D eigenvalue weighted by atomic mass is 32.2. The van der Waals surface area contributed by atoms with Crippen molar-refractivity contribution in [1.82, 2.24) is 0 Å². The molecule has 0 amide bonds. The fourth-order valence-corrected chi connectivity index (χ4v) is 3.38. The molecule has 1 fully saturated rings. The highest BCUT2D eigenvalue weighted by Crippen LogP contribution is 2.25. The summed E-state index contributed by atoms with van der Waals surface area (Å²) in [5, 5.41) is 0.108. The maximum atomic E-state index is 11.1. The van der Waals surface area contributed by atoms with E-state index in [1.807, 2.05) is 18.2 Å². The van der Waals surface area contributed by atoms with Gasteiger partial charge in [-0.25, -0.2) is 0 Å². The van der Waals surface area contributed by atoms with Gasteiger partial charge in [0.2, 0.25) is 5.78 Å². The number of Topliss-reactive ketones (excluding diaryl/α,β-unsaturated/α-hetero) is 1. The zero-order valence-electron chi connectivity index (χ0n) is 13.6. The first-order chi connectivity index (χ1) is 11.2. The van der Waals surface area contributed by atoms with Crippen molar-refractivity contribution in [3.05, 3.63) is 30.3 Å². The van der Waals surface area contributed by atoms with E-state index < -0.39 is 0 Å². The van der Waals surface area contributed by atoms with E-state index in [9.17, 15) is 4.79 Å². The van der Waals surface area contributed by atoms with Gasteiger partial charge in [-0.2, -0.15) is 0 Å². The first-order valence-corrected chi connectivity index (χ1v) is 9.09. The molecule has 124 valence electrons. The third kappa shape index (κ3) is 7.69. The van der Waals surface area contributed by atoms with Gasteiger partial charge in [-0.15, -0.1) is 11.8 Å². The molecule has 1 aromatic carbocycles. The smallest absolute Gasteiger partial charge is 0.202 e. The first-order valence-electron chi connectivity index (χ1n) is 8.21. The van der Waals surface area contributed by atoms with E-state index >= 15 is 0 Å². The number of hydrogen-bond donors (Lipinski definition) is 0. The standard InChI is InChI=1S/C19H24O3S/c1-16(20)12-13-18(23-17-8-3-2-4-9-17)10-7-15-22-19-11-5-6-14-21-19/h2-4,8-9,18-19H,5-7,10-11,14-15H2,1H3. The molecule has 1 saturated heterocycles. The van der Waals surface area contributed by atoms with Gasteiger partial charge in [-0.05, 0) is 50.2 Å². The summed E-state index contributed by atoms with van der Waals surface area (Å²) in [5.74, 6) is 5.68. The lowest BCUT2D eigenvalue weighted by Crippen LogP contribution is -2.22. The van der Waals surface area contributed by atoms with Gasteiger partial charge in [-0.3, -0.25) is 4.79 Å². The Labute approximate surface area is 143 Å². The van der Waals surface area contributed by atoms with Crippen molar-refractivity contribution < 1.29 is 14.3 Å². The van der Waals surface area contributed by atoms with E-state index in [-0.39, 0.29) is 17.3 Å². The Kier molecular flexibility index (Phi) is 8.24. The van der Waals surface area contributed by atoms with Crippen LogP contribution >= 0.6 is 11.8 Å². The van der Waals surface area contributed by atoms with Gasteiger partial charge in [-0.1, -0.05) is 24.1 Å². The maximum Gasteiger partial charge on any atom is 0.202 e. The Hall–Kier alpha value is -1.28. The lowest BCUT2D eigenvalue weighted by Gasteiger charge is -2.22. The maximum absolute atomic E-state index is 11.1. The van der Waals surface area contributed by atoms with Crippen LogP contribution in [0.15, 0.2) is 35.2 Å². The SMILES string of the molecule is CC(=O)C#CC(CCCOC1CCCCO1)Sc1ccccc1. The highest BCUT2D eigenvalue weighted by Gasteiger charge is 2.14. The largest absolute Gasteiger partial charge is 0.353 e. The van der Waals surface area contributed by atoms with Crippen molar-refractivity contribution >= 4 is 17.5 Å². The molecule has 0 spiro atoms. The van der Waals surface area contributed by atoms with Crippen LogP contribution in [0.5, 0.6) is 0 Å². The van der Waals surface area contributed by atoms with Crippen LogP contribution in [-0.4, -0.2) is 30.5 Å². The summed E-state index contributed by atoms with van der Waals surface area (Å²) >= 11 is 1.70. The van der Waals surface area contributed by atoms with Gasteiger partial charge in [0.25, 0.3) is 0 Å². The van der Waals surface area contributed by atoms with Gasteiger partial charge in [0, 0.05) is 25.0 Å². The van der Waals surface area contributed by atoms with E-state index in [1.165, 1.54) is 18.2 Å². The molecule has 2 rings (SSSR count). The zero-order chi connectivity index (χ0) is 16.3. The Bertz CT molecular complexity index is 527. The van der Waals surface area contributed by atoms with Crippen molar-refractivity contribution in [3.8, 4) is 11.8 Å². The fraction of sp³-hybridized carbons (Fsp3) is 0.526. The topological polar surface area (TPSA) is 35.5 Å². The molecule has 0 N–H and O–H groups in total. The number of hydrogen-bond acceptors (Lipinski definition) is 4. The normalized spacial score (nSPS) is 18.7. The summed E-state index contributed by atoms with van der Waals surface area (Å²) in [6, 6.07) is 10.2. The fourth-order valence-electron chi connectivity index (χ4n) is 2.33. The minimum atomic E-state index is -0.0875. The van der Waals surface area contributed by atoms with E-state index in [2.05, 4.69) is 24.0 Å². The molecule has 3 nitrogen and oxygen atoms in total. The lowest BCUT2D eigenvalue weighted by molar-refractivity contribution is -0.162. The summed E-state index contributed by atoms with van der Waals surface area (Å²) in [5.41, 5.74) is 0. The van der Waals surface area contributed by atoms with Crippen molar-refractivity contribution in [2.24, 2.45) is 0 Å². The van der Waals surface area contributed by atoms with E-state index in [0.29, 0.717) is 6.61 Å². The average molecular weight is 332 g/mol. The summed E-state index contributed by atoms with van der Waals surface area (Å²) < 4.78 is 11.3. The minimum Gasteiger partial charge on any atom is -0.353 e. The molecule has 2 atom stereocenters. The lowest BCUT2D eigenvalue weighted by atomic mass is 10.2. The van der Waals surface area contributed by atoms with Crippen molar-refractivity contribution in [3.63, 3.8) is 0 Å². The van der Waals surface area contributed by atoms with Crippen LogP contribution in [-0.2, 0) is 14.3 Å². The number of thioether (sulfide) groups is 1. The van der Waals surface area contributed by atoms with Crippen LogP contribution in [0.1, 0.15) is 39.0 Å². The van der Waals surface area contributed by atoms with Crippen LogP contribution in [0.25, 0.3) is 0 Å². The summed E-state index contributed by atoms with van der Waals surface area (Å²) in [7, 11) is 0. The molecule has 1 aliphatic heterocycles. The number of carbonyl (C=O) groups is 1. The predicted molar refractivity (Wildman–Crippen MR) is 93.3 cm³/mol. The van der Waals surface area contributed by atoms with Crippen molar-refractivity contribution in [2.45, 2.75) is 55.5 Å². The molecule has 0 aliphatic carbocycles. The van der Waals surface area contributed by atoms with Crippen LogP contribution in [0.2, 0.25) is 0 Å². The monoisotopic (exact) mass is 332 g/mol. The highest BCUT2D eigenvalue weighted by molar-refractivity contribution is 8.00. The van der Waals surface area contributed by atoms with E-state index in [0.717, 1.165) is 32.3 Å². The van der Waals surface area contributed by atoms with Gasteiger partial charge in [0.15, 0.2) is 6.29 Å². The Morgan fingerprint density at radius 2 is 2.22 bits per heavy atom. The molecule has 1 aromatic rings. The molecule has 0 bridgehead atoms. The van der Waals surface area contributed by atoms with Gasteiger partial charge in [0.1, 0.15) is 0 Å². The molecule has 4 heteroatoms. The molecular formula is C19H24O3S. The van der Waals surface area contributed by atoms with E-state index in [4.69, 9.17) is 9.47 Å². The van der Waals surface area contributed by atoms with Gasteiger partial charge < -0.3 is 9.47 Å². The minimum absolute atomic E-state index is 0.0349. The second-order valence-electron chi connectivity index (χ2n) is 5.55. The molecule has 1 aliphatic rings. The zero-order valence-corrected chi connectivity index (χ0v) is 14.4. The number of ether oxygens (including phenoxy) is 2. The van der Waals surface area contributed by atoms with Gasteiger partial charge >= 0.3 is 0 Å². The van der Waals surface area contributed by atoms with Gasteiger partial charge in [0.05, 0.1) is 5.25 Å². The molecular weight excluding hydrogens is 308 g/mol. The molecule has 0 radical (unpaired) electrons. The van der Waals surface area contributed by atoms with E-state index in [1.54, 1.807) is 11.8 Å². The quantitative estimate of drug-likeness (QED) is 0.326. The van der Waals surface area contributed by atoms with Crippen molar-refractivity contribution in [1.29, 1.82) is 0 Å². The number of carbonyl (C=O) groups excluding carboxylic acids is 1. The molecule has 2 unspecified atom stereocenters. The number of benzene rings is 1. The second kappa shape index (κ2) is 10.5. The predicted octanol–water partition coefficient (Wildman–Crippen LogP) is 4.06. The Balaban J connectivity index is 1.77. The van der Waals surface area contributed by atoms with Crippen molar-refractivity contribution in [2.75, 3.05) is 13.2 Å². The number of rotatable bonds is 7. The second-order valence-corrected chi connectivity index (χ2v) is 6.83. The summed E-state index contributed by atoms with van der Waals surface area (Å²) in [6.45, 7) is 2.99. The van der Waals surface area contributed by atoms with Crippen LogP contribution in [0, 0.1) is 11.8 Å². The molecule has 0 saturated carbocycles. The number of ketones is 1. The van der Waals surface area contributed by atoms with Crippen LogP contribution in [0.3, 0.4) is 0 Å². The Morgan fingerprint density at radius 1 is 1.39 bits per heavy atom. The molecule has 0 aromatic heterocycles. The molecule has 23 heavy (non-hydrogen) atoms. The Morgan fingerprint density at radius 3 is 2.91 bits per heavy atom. The molecule has 1 heterocycles. The van der Waals surface area contributed by atoms with Crippen LogP contribution in [0.4, 0.5) is 0 Å². The summed E-state index contributed by atoms with van der Waals surface area (Å²) in [6.07, 6.45) is 5.08. The first kappa shape index (κ1) is 18.1.